The topological polar surface area (TPSA) is 76.2 Å². The molecular formula is C16H17N3O3. The highest BCUT2D eigenvalue weighted by molar-refractivity contribution is 5.41. The number of anilines is 1. The van der Waals surface area contributed by atoms with Crippen molar-refractivity contribution in [2.45, 2.75) is 25.4 Å². The number of nitrogens with one attached hydrogen (secondary N) is 2. The number of aryl methyl sites for hydroxylation is 1. The fourth-order valence-electron chi connectivity index (χ4n) is 2.90. The van der Waals surface area contributed by atoms with E-state index < -0.39 is 0 Å². The van der Waals surface area contributed by atoms with Gasteiger partial charge in [0.2, 0.25) is 5.95 Å². The maximum Gasteiger partial charge on any atom is 0.255 e. The Hall–Kier alpha value is -2.50. The van der Waals surface area contributed by atoms with Gasteiger partial charge in [0, 0.05) is 5.56 Å². The Labute approximate surface area is 127 Å². The molecule has 4 rings (SSSR count). The van der Waals surface area contributed by atoms with Gasteiger partial charge >= 0.3 is 0 Å². The Balaban J connectivity index is 1.44. The highest BCUT2D eigenvalue weighted by atomic mass is 16.6. The van der Waals surface area contributed by atoms with Crippen molar-refractivity contribution in [3.05, 3.63) is 45.9 Å². The molecule has 6 heteroatoms. The minimum atomic E-state index is -0.117. The van der Waals surface area contributed by atoms with E-state index in [1.807, 2.05) is 24.3 Å². The molecule has 1 aliphatic carbocycles. The first kappa shape index (κ1) is 13.2. The number of benzene rings is 1. The summed E-state index contributed by atoms with van der Waals surface area (Å²) < 4.78 is 11.5. The van der Waals surface area contributed by atoms with Crippen molar-refractivity contribution in [1.29, 1.82) is 0 Å². The van der Waals surface area contributed by atoms with Gasteiger partial charge in [0.15, 0.2) is 11.5 Å². The molecular weight excluding hydrogens is 282 g/mol. The van der Waals surface area contributed by atoms with Gasteiger partial charge in [-0.15, -0.1) is 0 Å². The third-order valence-electron chi connectivity index (χ3n) is 4.01. The summed E-state index contributed by atoms with van der Waals surface area (Å²) in [4.78, 5) is 19.2. The molecule has 0 spiro atoms. The first-order valence-corrected chi connectivity index (χ1v) is 7.54. The van der Waals surface area contributed by atoms with Crippen molar-refractivity contribution in [3.8, 4) is 11.5 Å². The molecule has 0 saturated carbocycles. The van der Waals surface area contributed by atoms with Crippen LogP contribution in [0.25, 0.3) is 0 Å². The van der Waals surface area contributed by atoms with Crippen LogP contribution in [0.4, 0.5) is 5.95 Å². The van der Waals surface area contributed by atoms with Crippen LogP contribution in [-0.2, 0) is 12.8 Å². The Kier molecular flexibility index (Phi) is 3.21. The van der Waals surface area contributed by atoms with E-state index in [-0.39, 0.29) is 11.7 Å². The van der Waals surface area contributed by atoms with E-state index in [1.54, 1.807) is 0 Å². The summed E-state index contributed by atoms with van der Waals surface area (Å²) in [6.07, 6.45) is 2.60. The predicted molar refractivity (Wildman–Crippen MR) is 81.7 cm³/mol. The number of hydrogen-bond donors (Lipinski definition) is 2. The highest BCUT2D eigenvalue weighted by Gasteiger charge is 2.21. The number of rotatable bonds is 3. The summed E-state index contributed by atoms with van der Waals surface area (Å²) >= 11 is 0. The summed E-state index contributed by atoms with van der Waals surface area (Å²) in [5.41, 5.74) is 1.71. The largest absolute Gasteiger partial charge is 0.486 e. The van der Waals surface area contributed by atoms with Crippen molar-refractivity contribution >= 4 is 5.95 Å². The van der Waals surface area contributed by atoms with Crippen LogP contribution >= 0.6 is 0 Å². The van der Waals surface area contributed by atoms with Crippen LogP contribution in [-0.4, -0.2) is 29.2 Å². The maximum absolute atomic E-state index is 12.0. The van der Waals surface area contributed by atoms with E-state index in [4.69, 9.17) is 9.47 Å². The van der Waals surface area contributed by atoms with E-state index in [2.05, 4.69) is 15.3 Å². The van der Waals surface area contributed by atoms with Crippen LogP contribution in [0.1, 0.15) is 17.7 Å². The molecule has 2 aromatic rings. The summed E-state index contributed by atoms with van der Waals surface area (Å²) in [6, 6.07) is 7.60. The Bertz CT molecular complexity index is 757. The molecule has 6 nitrogen and oxygen atoms in total. The van der Waals surface area contributed by atoms with Gasteiger partial charge in [-0.3, -0.25) is 9.78 Å². The second kappa shape index (κ2) is 5.36. The summed E-state index contributed by atoms with van der Waals surface area (Å²) in [5.74, 6) is 2.02. The monoisotopic (exact) mass is 299 g/mol. The highest BCUT2D eigenvalue weighted by Crippen LogP contribution is 2.30. The van der Waals surface area contributed by atoms with Gasteiger partial charge in [0.05, 0.1) is 12.2 Å². The molecule has 0 radical (unpaired) electrons. The molecule has 2 aliphatic rings. The molecule has 1 atom stereocenters. The number of hydrogen-bond acceptors (Lipinski definition) is 5. The van der Waals surface area contributed by atoms with E-state index in [1.165, 1.54) is 0 Å². The molecule has 2 N–H and O–H groups in total. The van der Waals surface area contributed by atoms with E-state index in [0.717, 1.165) is 42.0 Å². The van der Waals surface area contributed by atoms with Crippen LogP contribution < -0.4 is 20.3 Å². The van der Waals surface area contributed by atoms with Gasteiger partial charge < -0.3 is 14.8 Å². The maximum atomic E-state index is 12.0. The van der Waals surface area contributed by atoms with Gasteiger partial charge in [-0.2, -0.15) is 0 Å². The molecule has 0 fully saturated rings. The van der Waals surface area contributed by atoms with Gasteiger partial charge in [-0.1, -0.05) is 12.1 Å². The zero-order valence-corrected chi connectivity index (χ0v) is 12.1. The van der Waals surface area contributed by atoms with Gasteiger partial charge in [-0.25, -0.2) is 4.98 Å². The lowest BCUT2D eigenvalue weighted by molar-refractivity contribution is 0.0996. The first-order chi connectivity index (χ1) is 10.8. The molecule has 0 amide bonds. The molecule has 1 aromatic heterocycles. The molecule has 1 aliphatic heterocycles. The van der Waals surface area contributed by atoms with Crippen molar-refractivity contribution in [1.82, 2.24) is 9.97 Å². The van der Waals surface area contributed by atoms with E-state index in [9.17, 15) is 4.79 Å². The molecule has 0 saturated heterocycles. The number of aromatic nitrogens is 2. The van der Waals surface area contributed by atoms with Crippen LogP contribution in [0.5, 0.6) is 11.5 Å². The average Bonchev–Trinajstić information content (AvgIpc) is 3.02. The van der Waals surface area contributed by atoms with Gasteiger partial charge in [-0.05, 0) is 31.4 Å². The molecule has 22 heavy (non-hydrogen) atoms. The average molecular weight is 299 g/mol. The van der Waals surface area contributed by atoms with Gasteiger partial charge in [0.25, 0.3) is 5.56 Å². The lowest BCUT2D eigenvalue weighted by Gasteiger charge is -2.26. The smallest absolute Gasteiger partial charge is 0.255 e. The quantitative estimate of drug-likeness (QED) is 0.898. The summed E-state index contributed by atoms with van der Waals surface area (Å²) in [7, 11) is 0. The van der Waals surface area contributed by atoms with Crippen LogP contribution in [0.2, 0.25) is 0 Å². The van der Waals surface area contributed by atoms with Crippen molar-refractivity contribution in [2.75, 3.05) is 18.5 Å². The second-order valence-corrected chi connectivity index (χ2v) is 5.57. The lowest BCUT2D eigenvalue weighted by atomic mass is 10.2. The Morgan fingerprint density at radius 1 is 1.27 bits per heavy atom. The number of para-hydroxylation sites is 2. The zero-order chi connectivity index (χ0) is 14.9. The zero-order valence-electron chi connectivity index (χ0n) is 12.1. The first-order valence-electron chi connectivity index (χ1n) is 7.54. The third kappa shape index (κ3) is 2.41. The fourth-order valence-corrected chi connectivity index (χ4v) is 2.90. The van der Waals surface area contributed by atoms with E-state index in [0.29, 0.717) is 19.1 Å². The number of nitrogens with zero attached hydrogens (tertiary/aromatic N) is 1. The van der Waals surface area contributed by atoms with Gasteiger partial charge in [0.1, 0.15) is 12.7 Å². The number of aromatic amines is 1. The minimum absolute atomic E-state index is 0.0313. The summed E-state index contributed by atoms with van der Waals surface area (Å²) in [5, 5.41) is 3.14. The van der Waals surface area contributed by atoms with Crippen molar-refractivity contribution in [3.63, 3.8) is 0 Å². The molecule has 1 unspecified atom stereocenters. The lowest BCUT2D eigenvalue weighted by Crippen LogP contribution is -2.36. The minimum Gasteiger partial charge on any atom is -0.486 e. The number of ether oxygens (including phenoxy) is 2. The predicted octanol–water partition coefficient (Wildman–Crippen LogP) is 1.51. The molecule has 114 valence electrons. The van der Waals surface area contributed by atoms with Crippen LogP contribution in [0.15, 0.2) is 29.1 Å². The molecule has 0 bridgehead atoms. The standard InChI is InChI=1S/C16H17N3O3/c20-15-11-4-3-5-12(11)18-16(19-15)17-8-10-9-21-13-6-1-2-7-14(13)22-10/h1-2,6-7,10H,3-5,8-9H2,(H2,17,18,19,20). The van der Waals surface area contributed by atoms with Crippen molar-refractivity contribution < 1.29 is 9.47 Å². The van der Waals surface area contributed by atoms with Crippen LogP contribution in [0.3, 0.4) is 0 Å². The Morgan fingerprint density at radius 2 is 2.14 bits per heavy atom. The number of fused-ring (bicyclic) bond motifs is 2. The molecule has 1 aromatic carbocycles. The SMILES string of the molecule is O=c1[nH]c(NCC2COc3ccccc3O2)nc2c1CCC2. The number of H-pyrrole nitrogens is 1. The van der Waals surface area contributed by atoms with E-state index >= 15 is 0 Å². The van der Waals surface area contributed by atoms with Crippen molar-refractivity contribution in [2.24, 2.45) is 0 Å². The third-order valence-corrected chi connectivity index (χ3v) is 4.01. The Morgan fingerprint density at radius 3 is 3.05 bits per heavy atom. The molecule has 2 heterocycles. The normalized spacial score (nSPS) is 18.8. The summed E-state index contributed by atoms with van der Waals surface area (Å²) in [6.45, 7) is 0.995. The van der Waals surface area contributed by atoms with Crippen LogP contribution in [0, 0.1) is 0 Å². The fraction of sp³-hybridized carbons (Fsp3) is 0.375. The second-order valence-electron chi connectivity index (χ2n) is 5.57.